The van der Waals surface area contributed by atoms with Crippen LogP contribution in [0.3, 0.4) is 0 Å². The number of hydrogen-bond acceptors (Lipinski definition) is 5. The predicted molar refractivity (Wildman–Crippen MR) is 80.0 cm³/mol. The average molecular weight is 318 g/mol. The van der Waals surface area contributed by atoms with Crippen LogP contribution in [-0.2, 0) is 10.0 Å². The Morgan fingerprint density at radius 3 is 2.41 bits per heavy atom. The molecule has 0 spiro atoms. The highest BCUT2D eigenvalue weighted by Gasteiger charge is 2.17. The maximum Gasteiger partial charge on any atom is 0.269 e. The molecule has 1 aromatic heterocycles. The van der Waals surface area contributed by atoms with E-state index in [1.54, 1.807) is 24.3 Å². The van der Waals surface area contributed by atoms with Gasteiger partial charge in [0.25, 0.3) is 15.7 Å². The van der Waals surface area contributed by atoms with Crippen LogP contribution < -0.4 is 4.72 Å². The first-order valence-electron chi connectivity index (χ1n) is 6.18. The number of non-ortho nitro benzene ring substituents is 1. The van der Waals surface area contributed by atoms with E-state index in [-0.39, 0.29) is 16.5 Å². The van der Waals surface area contributed by atoms with Crippen molar-refractivity contribution in [2.75, 3.05) is 4.72 Å². The molecule has 8 nitrogen and oxygen atoms in total. The fraction of sp³-hybridized carbons (Fsp3) is 0. The van der Waals surface area contributed by atoms with Gasteiger partial charge in [-0.1, -0.05) is 12.1 Å². The Labute approximate surface area is 125 Å². The minimum atomic E-state index is -3.87. The van der Waals surface area contributed by atoms with Crippen LogP contribution in [0.15, 0.2) is 53.4 Å². The average Bonchev–Trinajstić information content (AvgIpc) is 2.88. The molecule has 0 radical (unpaired) electrons. The molecule has 22 heavy (non-hydrogen) atoms. The molecule has 112 valence electrons. The number of rotatable bonds is 4. The Bertz CT molecular complexity index is 915. The van der Waals surface area contributed by atoms with E-state index >= 15 is 0 Å². The Hall–Kier alpha value is -2.94. The van der Waals surface area contributed by atoms with Gasteiger partial charge in [-0.15, -0.1) is 0 Å². The highest BCUT2D eigenvalue weighted by Crippen LogP contribution is 2.19. The van der Waals surface area contributed by atoms with Gasteiger partial charge in [0.1, 0.15) is 0 Å². The first kappa shape index (κ1) is 14.0. The Morgan fingerprint density at radius 2 is 1.77 bits per heavy atom. The summed E-state index contributed by atoms with van der Waals surface area (Å²) >= 11 is 0. The molecule has 0 aliphatic carbocycles. The van der Waals surface area contributed by atoms with Crippen molar-refractivity contribution in [3.8, 4) is 0 Å². The number of nitro groups is 1. The molecular weight excluding hydrogens is 308 g/mol. The van der Waals surface area contributed by atoms with E-state index < -0.39 is 14.9 Å². The third-order valence-electron chi connectivity index (χ3n) is 2.98. The molecule has 1 heterocycles. The van der Waals surface area contributed by atoms with Gasteiger partial charge in [0, 0.05) is 12.1 Å². The summed E-state index contributed by atoms with van der Waals surface area (Å²) in [6, 6.07) is 11.7. The normalized spacial score (nSPS) is 11.5. The van der Waals surface area contributed by atoms with Gasteiger partial charge in [-0.25, -0.2) is 18.1 Å². The van der Waals surface area contributed by atoms with Gasteiger partial charge in [0.15, 0.2) is 0 Å². The van der Waals surface area contributed by atoms with Crippen LogP contribution in [0.4, 0.5) is 11.6 Å². The van der Waals surface area contributed by atoms with Crippen LogP contribution in [-0.4, -0.2) is 23.3 Å². The number of hydrogen-bond donors (Lipinski definition) is 2. The number of nitro benzene ring substituents is 1. The smallest absolute Gasteiger partial charge is 0.269 e. The number of aromatic nitrogens is 2. The number of nitrogens with zero attached hydrogens (tertiary/aromatic N) is 2. The summed E-state index contributed by atoms with van der Waals surface area (Å²) in [5.74, 6) is 0.0829. The van der Waals surface area contributed by atoms with E-state index in [2.05, 4.69) is 14.7 Å². The number of fused-ring (bicyclic) bond motifs is 1. The lowest BCUT2D eigenvalue weighted by molar-refractivity contribution is -0.384. The number of sulfonamides is 1. The van der Waals surface area contributed by atoms with E-state index in [9.17, 15) is 18.5 Å². The number of aromatic amines is 1. The topological polar surface area (TPSA) is 118 Å². The third-order valence-corrected chi connectivity index (χ3v) is 4.33. The van der Waals surface area contributed by atoms with Crippen molar-refractivity contribution in [2.24, 2.45) is 0 Å². The number of para-hydroxylation sites is 2. The fourth-order valence-corrected chi connectivity index (χ4v) is 2.90. The number of H-pyrrole nitrogens is 1. The van der Waals surface area contributed by atoms with Crippen LogP contribution >= 0.6 is 0 Å². The minimum Gasteiger partial charge on any atom is -0.323 e. The highest BCUT2D eigenvalue weighted by atomic mass is 32.2. The van der Waals surface area contributed by atoms with Crippen molar-refractivity contribution in [3.63, 3.8) is 0 Å². The van der Waals surface area contributed by atoms with Gasteiger partial charge in [-0.3, -0.25) is 10.1 Å². The molecule has 0 unspecified atom stereocenters. The molecule has 0 aliphatic heterocycles. The molecule has 0 amide bonds. The van der Waals surface area contributed by atoms with Gasteiger partial charge in [-0.05, 0) is 24.3 Å². The largest absolute Gasteiger partial charge is 0.323 e. The summed E-state index contributed by atoms with van der Waals surface area (Å²) in [6.45, 7) is 0. The van der Waals surface area contributed by atoms with Gasteiger partial charge >= 0.3 is 0 Å². The molecule has 9 heteroatoms. The quantitative estimate of drug-likeness (QED) is 0.565. The maximum absolute atomic E-state index is 12.2. The van der Waals surface area contributed by atoms with Crippen molar-refractivity contribution in [1.82, 2.24) is 9.97 Å². The highest BCUT2D eigenvalue weighted by molar-refractivity contribution is 7.92. The van der Waals surface area contributed by atoms with E-state index in [4.69, 9.17) is 0 Å². The molecular formula is C13H10N4O4S. The second-order valence-electron chi connectivity index (χ2n) is 4.46. The van der Waals surface area contributed by atoms with Crippen LogP contribution in [0.5, 0.6) is 0 Å². The Balaban J connectivity index is 1.90. The molecule has 2 aromatic carbocycles. The molecule has 0 saturated carbocycles. The molecule has 0 saturated heterocycles. The summed E-state index contributed by atoms with van der Waals surface area (Å²) in [6.07, 6.45) is 0. The van der Waals surface area contributed by atoms with Crippen molar-refractivity contribution >= 4 is 32.7 Å². The minimum absolute atomic E-state index is 0.0829. The Kier molecular flexibility index (Phi) is 3.26. The van der Waals surface area contributed by atoms with Crippen molar-refractivity contribution < 1.29 is 13.3 Å². The summed E-state index contributed by atoms with van der Waals surface area (Å²) in [5, 5.41) is 10.6. The molecule has 3 aromatic rings. The SMILES string of the molecule is O=[N+]([O-])c1ccc(S(=O)(=O)Nc2nc3ccccc3[nH]2)cc1. The summed E-state index contributed by atoms with van der Waals surface area (Å²) in [4.78, 5) is 16.9. The van der Waals surface area contributed by atoms with Crippen molar-refractivity contribution in [2.45, 2.75) is 4.90 Å². The molecule has 3 rings (SSSR count). The zero-order chi connectivity index (χ0) is 15.7. The second kappa shape index (κ2) is 5.11. The summed E-state index contributed by atoms with van der Waals surface area (Å²) < 4.78 is 26.7. The van der Waals surface area contributed by atoms with Crippen LogP contribution in [0.2, 0.25) is 0 Å². The first-order chi connectivity index (χ1) is 10.5. The molecule has 0 bridgehead atoms. The number of benzene rings is 2. The molecule has 0 fully saturated rings. The molecule has 0 atom stereocenters. The first-order valence-corrected chi connectivity index (χ1v) is 7.66. The molecule has 0 aliphatic rings. The Morgan fingerprint density at radius 1 is 1.09 bits per heavy atom. The van der Waals surface area contributed by atoms with Crippen molar-refractivity contribution in [1.29, 1.82) is 0 Å². The summed E-state index contributed by atoms with van der Waals surface area (Å²) in [7, 11) is -3.87. The van der Waals surface area contributed by atoms with Gasteiger partial charge < -0.3 is 4.98 Å². The second-order valence-corrected chi connectivity index (χ2v) is 6.14. The van der Waals surface area contributed by atoms with Gasteiger partial charge in [0.2, 0.25) is 5.95 Å². The van der Waals surface area contributed by atoms with E-state index in [0.717, 1.165) is 12.1 Å². The zero-order valence-corrected chi connectivity index (χ0v) is 11.9. The number of anilines is 1. The third kappa shape index (κ3) is 2.61. The van der Waals surface area contributed by atoms with Gasteiger partial charge in [-0.2, -0.15) is 0 Å². The van der Waals surface area contributed by atoms with Crippen LogP contribution in [0.1, 0.15) is 0 Å². The standard InChI is InChI=1S/C13H10N4O4S/c18-17(19)9-5-7-10(8-6-9)22(20,21)16-13-14-11-3-1-2-4-12(11)15-13/h1-8H,(H2,14,15,16). The van der Waals surface area contributed by atoms with Crippen LogP contribution in [0.25, 0.3) is 11.0 Å². The van der Waals surface area contributed by atoms with E-state index in [0.29, 0.717) is 11.0 Å². The lowest BCUT2D eigenvalue weighted by atomic mass is 10.3. The van der Waals surface area contributed by atoms with Crippen molar-refractivity contribution in [3.05, 3.63) is 58.6 Å². The number of nitrogens with one attached hydrogen (secondary N) is 2. The van der Waals surface area contributed by atoms with E-state index in [1.165, 1.54) is 12.1 Å². The molecule has 2 N–H and O–H groups in total. The lowest BCUT2D eigenvalue weighted by Crippen LogP contribution is -2.13. The lowest BCUT2D eigenvalue weighted by Gasteiger charge is -2.04. The fourth-order valence-electron chi connectivity index (χ4n) is 1.93. The maximum atomic E-state index is 12.2. The van der Waals surface area contributed by atoms with Crippen LogP contribution in [0, 0.1) is 10.1 Å². The van der Waals surface area contributed by atoms with E-state index in [1.807, 2.05) is 0 Å². The number of imidazole rings is 1. The predicted octanol–water partition coefficient (Wildman–Crippen LogP) is 2.27. The zero-order valence-electron chi connectivity index (χ0n) is 11.1. The summed E-state index contributed by atoms with van der Waals surface area (Å²) in [5.41, 5.74) is 1.15. The van der Waals surface area contributed by atoms with Gasteiger partial charge in [0.05, 0.1) is 20.9 Å². The monoisotopic (exact) mass is 318 g/mol.